The number of amides is 1. The molecule has 0 aliphatic rings. The van der Waals surface area contributed by atoms with E-state index in [4.69, 9.17) is 5.14 Å². The number of benzene rings is 2. The van der Waals surface area contributed by atoms with Crippen LogP contribution in [-0.2, 0) is 31.4 Å². The van der Waals surface area contributed by atoms with Gasteiger partial charge in [0.1, 0.15) is 6.54 Å². The van der Waals surface area contributed by atoms with Crippen LogP contribution in [0.3, 0.4) is 0 Å². The van der Waals surface area contributed by atoms with Crippen molar-refractivity contribution in [1.82, 2.24) is 9.47 Å². The zero-order valence-corrected chi connectivity index (χ0v) is 18.8. The predicted molar refractivity (Wildman–Crippen MR) is 118 cm³/mol. The summed E-state index contributed by atoms with van der Waals surface area (Å²) in [5.74, 6) is 0.00946. The summed E-state index contributed by atoms with van der Waals surface area (Å²) in [6, 6.07) is 11.5. The van der Waals surface area contributed by atoms with Gasteiger partial charge in [0.2, 0.25) is 15.9 Å². The molecule has 2 aromatic carbocycles. The van der Waals surface area contributed by atoms with E-state index in [-0.39, 0.29) is 22.2 Å². The molecule has 0 saturated carbocycles. The van der Waals surface area contributed by atoms with Gasteiger partial charge in [-0.15, -0.1) is 0 Å². The Balaban J connectivity index is 1.82. The van der Waals surface area contributed by atoms with Crippen molar-refractivity contribution >= 4 is 42.5 Å². The van der Waals surface area contributed by atoms with E-state index in [0.29, 0.717) is 18.8 Å². The molecule has 0 fully saturated rings. The molecule has 31 heavy (non-hydrogen) atoms. The number of carbonyl (C=O) groups is 1. The number of carbonyl (C=O) groups excluding carboxylic acids is 1. The highest BCUT2D eigenvalue weighted by Gasteiger charge is 2.17. The smallest absolute Gasteiger partial charge is 0.261 e. The monoisotopic (exact) mass is 464 g/mol. The molecule has 0 radical (unpaired) electrons. The maximum atomic E-state index is 12.6. The molecule has 3 N–H and O–H groups in total. The highest BCUT2D eigenvalue weighted by atomic mass is 32.2. The van der Waals surface area contributed by atoms with Crippen molar-refractivity contribution in [2.75, 3.05) is 17.8 Å². The number of hydrogen-bond donors (Lipinski definition) is 2. The highest BCUT2D eigenvalue weighted by Crippen LogP contribution is 2.23. The van der Waals surface area contributed by atoms with E-state index >= 15 is 0 Å². The SMILES string of the molecule is CCN(CC)C(=O)Cn1ccc2cc(NS(=O)(=O)c3ccc(S(N)(=O)=O)cc3)ccc21. The Kier molecular flexibility index (Phi) is 6.39. The van der Waals surface area contributed by atoms with Crippen molar-refractivity contribution in [3.63, 3.8) is 0 Å². The Labute approximate surface area is 181 Å². The summed E-state index contributed by atoms with van der Waals surface area (Å²) in [5.41, 5.74) is 1.15. The maximum absolute atomic E-state index is 12.6. The fourth-order valence-corrected chi connectivity index (χ4v) is 4.81. The summed E-state index contributed by atoms with van der Waals surface area (Å²) in [7, 11) is -7.84. The minimum absolute atomic E-state index is 0.00946. The number of fused-ring (bicyclic) bond motifs is 1. The molecule has 0 saturated heterocycles. The normalized spacial score (nSPS) is 12.1. The first-order valence-electron chi connectivity index (χ1n) is 9.57. The molecular formula is C20H24N4O5S2. The average Bonchev–Trinajstić information content (AvgIpc) is 3.10. The molecule has 166 valence electrons. The molecule has 0 aliphatic heterocycles. The number of anilines is 1. The number of sulfonamides is 2. The van der Waals surface area contributed by atoms with Crippen LogP contribution in [0.5, 0.6) is 0 Å². The second-order valence-electron chi connectivity index (χ2n) is 6.91. The lowest BCUT2D eigenvalue weighted by molar-refractivity contribution is -0.131. The quantitative estimate of drug-likeness (QED) is 0.526. The Hall–Kier alpha value is -2.89. The van der Waals surface area contributed by atoms with Gasteiger partial charge in [0.15, 0.2) is 0 Å². The summed E-state index contributed by atoms with van der Waals surface area (Å²) in [6.07, 6.45) is 1.79. The maximum Gasteiger partial charge on any atom is 0.261 e. The van der Waals surface area contributed by atoms with Gasteiger partial charge in [-0.3, -0.25) is 9.52 Å². The van der Waals surface area contributed by atoms with E-state index in [1.807, 2.05) is 24.5 Å². The van der Waals surface area contributed by atoms with E-state index in [9.17, 15) is 21.6 Å². The van der Waals surface area contributed by atoms with Gasteiger partial charge in [-0.05, 0) is 62.4 Å². The van der Waals surface area contributed by atoms with Crippen LogP contribution in [0.25, 0.3) is 10.9 Å². The standard InChI is InChI=1S/C20H24N4O5S2/c1-3-23(4-2)20(25)14-24-12-11-15-13-16(5-10-19(15)24)22-31(28,29)18-8-6-17(7-9-18)30(21,26)27/h5-13,22H,3-4,14H2,1-2H3,(H2,21,26,27). The molecule has 3 rings (SSSR count). The number of nitrogens with zero attached hydrogens (tertiary/aromatic N) is 2. The Bertz CT molecular complexity index is 1310. The van der Waals surface area contributed by atoms with Crippen LogP contribution in [-0.4, -0.2) is 45.3 Å². The van der Waals surface area contributed by atoms with Gasteiger partial charge in [-0.2, -0.15) is 0 Å². The van der Waals surface area contributed by atoms with E-state index < -0.39 is 20.0 Å². The van der Waals surface area contributed by atoms with E-state index in [0.717, 1.165) is 23.0 Å². The number of likely N-dealkylation sites (N-methyl/N-ethyl adjacent to an activating group) is 1. The van der Waals surface area contributed by atoms with E-state index in [1.165, 1.54) is 12.1 Å². The minimum atomic E-state index is -3.93. The second-order valence-corrected chi connectivity index (χ2v) is 10.1. The molecule has 3 aromatic rings. The van der Waals surface area contributed by atoms with Crippen LogP contribution in [0.2, 0.25) is 0 Å². The lowest BCUT2D eigenvalue weighted by Crippen LogP contribution is -2.33. The molecule has 11 heteroatoms. The fourth-order valence-electron chi connectivity index (χ4n) is 3.25. The Morgan fingerprint density at radius 2 is 1.58 bits per heavy atom. The van der Waals surface area contributed by atoms with Gasteiger partial charge in [-0.25, -0.2) is 22.0 Å². The summed E-state index contributed by atoms with van der Waals surface area (Å²) in [5, 5.41) is 5.81. The number of primary sulfonamides is 1. The van der Waals surface area contributed by atoms with Crippen LogP contribution in [0.15, 0.2) is 64.5 Å². The number of nitrogens with two attached hydrogens (primary N) is 1. The van der Waals surface area contributed by atoms with Crippen LogP contribution in [0.4, 0.5) is 5.69 Å². The fraction of sp³-hybridized carbons (Fsp3) is 0.250. The summed E-state index contributed by atoms with van der Waals surface area (Å²) in [6.45, 7) is 5.33. The molecule has 0 aliphatic carbocycles. The molecule has 1 aromatic heterocycles. The van der Waals surface area contributed by atoms with Crippen molar-refractivity contribution in [2.45, 2.75) is 30.2 Å². The zero-order chi connectivity index (χ0) is 22.8. The van der Waals surface area contributed by atoms with Gasteiger partial charge in [0.25, 0.3) is 10.0 Å². The third-order valence-electron chi connectivity index (χ3n) is 4.91. The third kappa shape index (κ3) is 5.06. The van der Waals surface area contributed by atoms with E-state index in [2.05, 4.69) is 4.72 Å². The largest absolute Gasteiger partial charge is 0.342 e. The van der Waals surface area contributed by atoms with Crippen molar-refractivity contribution in [2.24, 2.45) is 5.14 Å². The van der Waals surface area contributed by atoms with Crippen molar-refractivity contribution < 1.29 is 21.6 Å². The molecule has 0 atom stereocenters. The predicted octanol–water partition coefficient (Wildman–Crippen LogP) is 1.96. The first-order valence-corrected chi connectivity index (χ1v) is 12.6. The highest BCUT2D eigenvalue weighted by molar-refractivity contribution is 7.92. The number of nitrogens with one attached hydrogen (secondary N) is 1. The summed E-state index contributed by atoms with van der Waals surface area (Å²) in [4.78, 5) is 13.9. The molecule has 9 nitrogen and oxygen atoms in total. The first kappa shape index (κ1) is 22.8. The Morgan fingerprint density at radius 1 is 0.968 bits per heavy atom. The van der Waals surface area contributed by atoms with Crippen LogP contribution < -0.4 is 9.86 Å². The average molecular weight is 465 g/mol. The molecule has 1 heterocycles. The van der Waals surface area contributed by atoms with E-state index in [1.54, 1.807) is 29.3 Å². The van der Waals surface area contributed by atoms with Gasteiger partial charge < -0.3 is 9.47 Å². The second kappa shape index (κ2) is 8.69. The summed E-state index contributed by atoms with van der Waals surface area (Å²) >= 11 is 0. The minimum Gasteiger partial charge on any atom is -0.342 e. The number of aromatic nitrogens is 1. The summed E-state index contributed by atoms with van der Waals surface area (Å²) < 4.78 is 52.3. The van der Waals surface area contributed by atoms with Crippen LogP contribution in [0.1, 0.15) is 13.8 Å². The third-order valence-corrected chi connectivity index (χ3v) is 7.23. The molecule has 0 spiro atoms. The van der Waals surface area contributed by atoms with Crippen LogP contribution >= 0.6 is 0 Å². The van der Waals surface area contributed by atoms with Gasteiger partial charge in [0, 0.05) is 35.9 Å². The lowest BCUT2D eigenvalue weighted by atomic mass is 10.2. The molecule has 1 amide bonds. The van der Waals surface area contributed by atoms with Crippen molar-refractivity contribution in [3.05, 3.63) is 54.7 Å². The van der Waals surface area contributed by atoms with Crippen LogP contribution in [0, 0.1) is 0 Å². The topological polar surface area (TPSA) is 132 Å². The Morgan fingerprint density at radius 3 is 2.16 bits per heavy atom. The first-order chi connectivity index (χ1) is 14.5. The number of hydrogen-bond acceptors (Lipinski definition) is 5. The zero-order valence-electron chi connectivity index (χ0n) is 17.1. The molecule has 0 unspecified atom stereocenters. The van der Waals surface area contributed by atoms with Gasteiger partial charge in [-0.1, -0.05) is 0 Å². The van der Waals surface area contributed by atoms with Gasteiger partial charge >= 0.3 is 0 Å². The lowest BCUT2D eigenvalue weighted by Gasteiger charge is -2.19. The molecule has 0 bridgehead atoms. The van der Waals surface area contributed by atoms with Gasteiger partial charge in [0.05, 0.1) is 9.79 Å². The number of rotatable bonds is 8. The van der Waals surface area contributed by atoms with Crippen molar-refractivity contribution in [3.8, 4) is 0 Å². The van der Waals surface area contributed by atoms with Crippen molar-refractivity contribution in [1.29, 1.82) is 0 Å². The molecular weight excluding hydrogens is 440 g/mol.